The monoisotopic (exact) mass is 416 g/mol. The molecule has 0 aliphatic carbocycles. The van der Waals surface area contributed by atoms with Crippen molar-refractivity contribution in [3.8, 4) is 11.3 Å². The van der Waals surface area contributed by atoms with E-state index in [-0.39, 0.29) is 5.41 Å². The van der Waals surface area contributed by atoms with Gasteiger partial charge in [0, 0.05) is 16.3 Å². The minimum absolute atomic E-state index is 0.217. The Hall–Kier alpha value is -3.72. The van der Waals surface area contributed by atoms with Gasteiger partial charge in [-0.1, -0.05) is 87.5 Å². The van der Waals surface area contributed by atoms with Crippen molar-refractivity contribution >= 4 is 43.6 Å². The fourth-order valence-corrected chi connectivity index (χ4v) is 4.85. The van der Waals surface area contributed by atoms with Crippen LogP contribution in [0.4, 0.5) is 0 Å². The van der Waals surface area contributed by atoms with Crippen molar-refractivity contribution in [3.05, 3.63) is 84.7 Å². The first kappa shape index (κ1) is 19.0. The van der Waals surface area contributed by atoms with Gasteiger partial charge in [0.1, 0.15) is 11.9 Å². The highest BCUT2D eigenvalue weighted by atomic mass is 16.3. The molecule has 6 rings (SSSR count). The Morgan fingerprint density at radius 3 is 2.38 bits per heavy atom. The summed E-state index contributed by atoms with van der Waals surface area (Å²) >= 11 is 0. The number of nitrogens with zero attached hydrogens (tertiary/aromatic N) is 2. The Labute approximate surface area is 186 Å². The summed E-state index contributed by atoms with van der Waals surface area (Å²) in [7, 11) is 0. The standard InChI is InChI=1S/C29H24N2O/c1-29(2,3)16-19-9-6-12-22-20(19)11-7-13-23(22)26-25-24-15-14-18-8-4-5-10-21(18)27(24)32-28(25)31-17-30-26/h4-15,17H,16H2,1-3H3. The molecule has 2 aromatic heterocycles. The van der Waals surface area contributed by atoms with E-state index in [4.69, 9.17) is 9.40 Å². The van der Waals surface area contributed by atoms with E-state index in [2.05, 4.69) is 86.4 Å². The minimum atomic E-state index is 0.217. The number of hydrogen-bond acceptors (Lipinski definition) is 3. The molecule has 0 saturated carbocycles. The van der Waals surface area contributed by atoms with Crippen LogP contribution in [0, 0.1) is 5.41 Å². The first-order valence-corrected chi connectivity index (χ1v) is 11.1. The second-order valence-corrected chi connectivity index (χ2v) is 9.72. The molecule has 2 heterocycles. The molecule has 0 spiro atoms. The maximum atomic E-state index is 6.28. The zero-order chi connectivity index (χ0) is 21.9. The van der Waals surface area contributed by atoms with Crippen LogP contribution < -0.4 is 0 Å². The van der Waals surface area contributed by atoms with Crippen LogP contribution in [0.25, 0.3) is 54.9 Å². The molecule has 3 nitrogen and oxygen atoms in total. The van der Waals surface area contributed by atoms with E-state index in [1.807, 2.05) is 12.1 Å². The predicted molar refractivity (Wildman–Crippen MR) is 133 cm³/mol. The molecular formula is C29H24N2O. The lowest BCUT2D eigenvalue weighted by molar-refractivity contribution is 0.412. The van der Waals surface area contributed by atoms with Crippen LogP contribution >= 0.6 is 0 Å². The minimum Gasteiger partial charge on any atom is -0.437 e. The van der Waals surface area contributed by atoms with Crippen molar-refractivity contribution in [1.29, 1.82) is 0 Å². The number of fused-ring (bicyclic) bond motifs is 6. The summed E-state index contributed by atoms with van der Waals surface area (Å²) in [4.78, 5) is 9.24. The molecule has 6 aromatic rings. The van der Waals surface area contributed by atoms with E-state index in [0.29, 0.717) is 5.71 Å². The highest BCUT2D eigenvalue weighted by Gasteiger charge is 2.19. The van der Waals surface area contributed by atoms with Crippen LogP contribution in [-0.2, 0) is 6.42 Å². The molecule has 32 heavy (non-hydrogen) atoms. The number of aromatic nitrogens is 2. The zero-order valence-electron chi connectivity index (χ0n) is 18.5. The highest BCUT2D eigenvalue weighted by molar-refractivity contribution is 6.19. The lowest BCUT2D eigenvalue weighted by atomic mass is 9.85. The van der Waals surface area contributed by atoms with Crippen molar-refractivity contribution in [3.63, 3.8) is 0 Å². The van der Waals surface area contributed by atoms with Crippen LogP contribution in [0.15, 0.2) is 83.5 Å². The second-order valence-electron chi connectivity index (χ2n) is 9.72. The van der Waals surface area contributed by atoms with Crippen LogP contribution in [0.1, 0.15) is 26.3 Å². The van der Waals surface area contributed by atoms with Gasteiger partial charge in [0.25, 0.3) is 0 Å². The molecule has 3 heteroatoms. The Balaban J connectivity index is 1.67. The van der Waals surface area contributed by atoms with Gasteiger partial charge in [-0.3, -0.25) is 0 Å². The number of benzene rings is 4. The van der Waals surface area contributed by atoms with Crippen LogP contribution in [0.3, 0.4) is 0 Å². The molecule has 0 saturated heterocycles. The summed E-state index contributed by atoms with van der Waals surface area (Å²) in [6, 6.07) is 25.7. The van der Waals surface area contributed by atoms with E-state index in [1.165, 1.54) is 16.3 Å². The fraction of sp³-hybridized carbons (Fsp3) is 0.172. The first-order valence-electron chi connectivity index (χ1n) is 11.1. The van der Waals surface area contributed by atoms with Gasteiger partial charge in [-0.15, -0.1) is 0 Å². The van der Waals surface area contributed by atoms with Gasteiger partial charge in [-0.2, -0.15) is 0 Å². The third kappa shape index (κ3) is 2.96. The fourth-order valence-electron chi connectivity index (χ4n) is 4.85. The molecule has 0 radical (unpaired) electrons. The first-order chi connectivity index (χ1) is 15.5. The molecule has 156 valence electrons. The van der Waals surface area contributed by atoms with E-state index >= 15 is 0 Å². The van der Waals surface area contributed by atoms with Gasteiger partial charge < -0.3 is 4.42 Å². The molecule has 0 unspecified atom stereocenters. The van der Waals surface area contributed by atoms with Crippen molar-refractivity contribution in [2.75, 3.05) is 0 Å². The summed E-state index contributed by atoms with van der Waals surface area (Å²) in [5.41, 5.74) is 5.11. The van der Waals surface area contributed by atoms with Gasteiger partial charge in [0.15, 0.2) is 0 Å². The zero-order valence-corrected chi connectivity index (χ0v) is 18.5. The molecule has 0 aliphatic heterocycles. The Morgan fingerprint density at radius 1 is 0.719 bits per heavy atom. The van der Waals surface area contributed by atoms with Gasteiger partial charge in [0.05, 0.1) is 11.1 Å². The Bertz CT molecular complexity index is 1640. The van der Waals surface area contributed by atoms with Crippen molar-refractivity contribution in [2.45, 2.75) is 27.2 Å². The van der Waals surface area contributed by atoms with E-state index in [0.717, 1.165) is 44.8 Å². The summed E-state index contributed by atoms with van der Waals surface area (Å²) in [6.45, 7) is 6.85. The summed E-state index contributed by atoms with van der Waals surface area (Å²) in [6.07, 6.45) is 2.63. The van der Waals surface area contributed by atoms with Crippen molar-refractivity contribution < 1.29 is 4.42 Å². The number of furan rings is 1. The van der Waals surface area contributed by atoms with Crippen molar-refractivity contribution in [2.24, 2.45) is 5.41 Å². The van der Waals surface area contributed by atoms with Crippen molar-refractivity contribution in [1.82, 2.24) is 9.97 Å². The normalized spacial score (nSPS) is 12.3. The largest absolute Gasteiger partial charge is 0.437 e. The predicted octanol–water partition coefficient (Wildman–Crippen LogP) is 7.94. The Kier molecular flexibility index (Phi) is 4.09. The molecule has 0 N–H and O–H groups in total. The SMILES string of the molecule is CC(C)(C)Cc1cccc2c(-c3ncnc4oc5c6ccccc6ccc5c34)cccc12. The lowest BCUT2D eigenvalue weighted by Crippen LogP contribution is -2.09. The maximum absolute atomic E-state index is 6.28. The van der Waals surface area contributed by atoms with Crippen LogP contribution in [0.5, 0.6) is 0 Å². The molecule has 0 fully saturated rings. The van der Waals surface area contributed by atoms with Crippen LogP contribution in [0.2, 0.25) is 0 Å². The van der Waals surface area contributed by atoms with E-state index < -0.39 is 0 Å². The summed E-state index contributed by atoms with van der Waals surface area (Å²) < 4.78 is 6.28. The molecule has 0 aliphatic rings. The maximum Gasteiger partial charge on any atom is 0.231 e. The lowest BCUT2D eigenvalue weighted by Gasteiger charge is -2.20. The topological polar surface area (TPSA) is 38.9 Å². The van der Waals surface area contributed by atoms with Gasteiger partial charge >= 0.3 is 0 Å². The van der Waals surface area contributed by atoms with Gasteiger partial charge in [-0.25, -0.2) is 9.97 Å². The quantitative estimate of drug-likeness (QED) is 0.287. The molecule has 4 aromatic carbocycles. The smallest absolute Gasteiger partial charge is 0.231 e. The summed E-state index contributed by atoms with van der Waals surface area (Å²) in [5, 5.41) is 6.78. The third-order valence-corrected chi connectivity index (χ3v) is 6.15. The average Bonchev–Trinajstić information content (AvgIpc) is 3.17. The molecular weight excluding hydrogens is 392 g/mol. The average molecular weight is 417 g/mol. The second kappa shape index (κ2) is 6.89. The molecule has 0 atom stereocenters. The number of rotatable bonds is 2. The molecule has 0 amide bonds. The Morgan fingerprint density at radius 2 is 1.50 bits per heavy atom. The number of hydrogen-bond donors (Lipinski definition) is 0. The van der Waals surface area contributed by atoms with Gasteiger partial charge in [0.2, 0.25) is 5.71 Å². The summed E-state index contributed by atoms with van der Waals surface area (Å²) in [5.74, 6) is 0. The highest BCUT2D eigenvalue weighted by Crippen LogP contribution is 2.40. The molecule has 0 bridgehead atoms. The third-order valence-electron chi connectivity index (χ3n) is 6.15. The van der Waals surface area contributed by atoms with E-state index in [1.54, 1.807) is 6.33 Å². The van der Waals surface area contributed by atoms with Crippen LogP contribution in [-0.4, -0.2) is 9.97 Å². The van der Waals surface area contributed by atoms with Gasteiger partial charge in [-0.05, 0) is 39.6 Å². The van der Waals surface area contributed by atoms with E-state index in [9.17, 15) is 0 Å².